The Balaban J connectivity index is 2.16. The molecule has 0 amide bonds. The number of aromatic nitrogens is 1. The van der Waals surface area contributed by atoms with E-state index in [4.69, 9.17) is 10.00 Å². The van der Waals surface area contributed by atoms with Crippen molar-refractivity contribution in [3.05, 3.63) is 23.9 Å². The van der Waals surface area contributed by atoms with Gasteiger partial charge in [0.25, 0.3) is 0 Å². The van der Waals surface area contributed by atoms with E-state index in [-0.39, 0.29) is 12.4 Å². The van der Waals surface area contributed by atoms with Crippen LogP contribution in [-0.2, 0) is 14.6 Å². The molecule has 0 fully saturated rings. The van der Waals surface area contributed by atoms with E-state index in [0.29, 0.717) is 24.5 Å². The molecule has 0 aliphatic carbocycles. The lowest BCUT2D eigenvalue weighted by atomic mass is 10.3. The molecule has 18 heavy (non-hydrogen) atoms. The predicted octanol–water partition coefficient (Wildman–Crippen LogP) is 0.426. The van der Waals surface area contributed by atoms with Gasteiger partial charge in [-0.05, 0) is 12.1 Å². The van der Waals surface area contributed by atoms with Crippen LogP contribution >= 0.6 is 0 Å². The van der Waals surface area contributed by atoms with Gasteiger partial charge in [0.15, 0.2) is 0 Å². The Morgan fingerprint density at radius 2 is 2.22 bits per heavy atom. The Kier molecular flexibility index (Phi) is 5.55. The maximum atomic E-state index is 10.8. The zero-order chi connectivity index (χ0) is 13.4. The van der Waals surface area contributed by atoms with Crippen molar-refractivity contribution >= 4 is 15.7 Å². The number of nitrogens with zero attached hydrogens (tertiary/aromatic N) is 2. The van der Waals surface area contributed by atoms with Crippen LogP contribution in [-0.4, -0.2) is 45.2 Å². The highest BCUT2D eigenvalue weighted by molar-refractivity contribution is 7.90. The molecule has 0 radical (unpaired) electrons. The van der Waals surface area contributed by atoms with E-state index >= 15 is 0 Å². The molecular weight excluding hydrogens is 254 g/mol. The third-order valence-corrected chi connectivity index (χ3v) is 2.95. The van der Waals surface area contributed by atoms with Crippen LogP contribution in [0.25, 0.3) is 0 Å². The van der Waals surface area contributed by atoms with Crippen LogP contribution in [0.3, 0.4) is 0 Å². The van der Waals surface area contributed by atoms with Gasteiger partial charge in [-0.15, -0.1) is 0 Å². The normalized spacial score (nSPS) is 10.9. The standard InChI is InChI=1S/C11H15N3O3S/c1-18(15,16)7-6-17-5-4-13-11-3-2-10(8-12)9-14-11/h2-3,9H,4-7H2,1H3,(H,13,14). The Morgan fingerprint density at radius 1 is 1.44 bits per heavy atom. The Morgan fingerprint density at radius 3 is 2.78 bits per heavy atom. The molecule has 0 bridgehead atoms. The van der Waals surface area contributed by atoms with Gasteiger partial charge >= 0.3 is 0 Å². The van der Waals surface area contributed by atoms with E-state index < -0.39 is 9.84 Å². The number of nitrogens with one attached hydrogen (secondary N) is 1. The monoisotopic (exact) mass is 269 g/mol. The number of hydrogen-bond acceptors (Lipinski definition) is 6. The van der Waals surface area contributed by atoms with Crippen molar-refractivity contribution in [2.45, 2.75) is 0 Å². The van der Waals surface area contributed by atoms with Gasteiger partial charge in [-0.3, -0.25) is 0 Å². The summed E-state index contributed by atoms with van der Waals surface area (Å²) in [4.78, 5) is 4.02. The van der Waals surface area contributed by atoms with Crippen LogP contribution in [0.2, 0.25) is 0 Å². The second kappa shape index (κ2) is 6.93. The van der Waals surface area contributed by atoms with E-state index in [1.165, 1.54) is 12.5 Å². The molecule has 0 saturated carbocycles. The minimum Gasteiger partial charge on any atom is -0.379 e. The van der Waals surface area contributed by atoms with Crippen LogP contribution in [0.1, 0.15) is 5.56 Å². The summed E-state index contributed by atoms with van der Waals surface area (Å²) in [6, 6.07) is 5.35. The molecule has 0 saturated heterocycles. The summed E-state index contributed by atoms with van der Waals surface area (Å²) in [6.45, 7) is 1.13. The number of sulfone groups is 1. The molecule has 1 rings (SSSR count). The summed E-state index contributed by atoms with van der Waals surface area (Å²) in [5.74, 6) is 0.683. The lowest BCUT2D eigenvalue weighted by Crippen LogP contribution is -2.15. The predicted molar refractivity (Wildman–Crippen MR) is 68.0 cm³/mol. The Bertz CT molecular complexity index is 505. The molecule has 1 heterocycles. The van der Waals surface area contributed by atoms with Crippen molar-refractivity contribution in [3.63, 3.8) is 0 Å². The maximum absolute atomic E-state index is 10.8. The quantitative estimate of drug-likeness (QED) is 0.721. The smallest absolute Gasteiger partial charge is 0.149 e. The minimum atomic E-state index is -2.96. The molecule has 0 atom stereocenters. The first-order chi connectivity index (χ1) is 8.51. The SMILES string of the molecule is CS(=O)(=O)CCOCCNc1ccc(C#N)cn1. The third-order valence-electron chi connectivity index (χ3n) is 2.04. The summed E-state index contributed by atoms with van der Waals surface area (Å²) in [7, 11) is -2.96. The second-order valence-electron chi connectivity index (χ2n) is 3.71. The molecule has 1 aromatic rings. The average molecular weight is 269 g/mol. The number of anilines is 1. The molecule has 6 nitrogen and oxygen atoms in total. The molecule has 0 aliphatic rings. The molecule has 0 unspecified atom stereocenters. The first-order valence-electron chi connectivity index (χ1n) is 5.37. The number of nitriles is 1. The summed E-state index contributed by atoms with van der Waals surface area (Å²) < 4.78 is 26.8. The summed E-state index contributed by atoms with van der Waals surface area (Å²) in [6.07, 6.45) is 2.65. The first-order valence-corrected chi connectivity index (χ1v) is 7.43. The third kappa shape index (κ3) is 6.18. The number of pyridine rings is 1. The molecule has 1 N–H and O–H groups in total. The molecule has 0 aliphatic heterocycles. The van der Waals surface area contributed by atoms with Crippen molar-refractivity contribution in [3.8, 4) is 6.07 Å². The zero-order valence-corrected chi connectivity index (χ0v) is 10.9. The van der Waals surface area contributed by atoms with Gasteiger partial charge in [0.1, 0.15) is 21.7 Å². The summed E-state index contributed by atoms with van der Waals surface area (Å²) in [5.41, 5.74) is 0.505. The molecule has 98 valence electrons. The van der Waals surface area contributed by atoms with Gasteiger partial charge in [-0.1, -0.05) is 0 Å². The van der Waals surface area contributed by atoms with Gasteiger partial charge < -0.3 is 10.1 Å². The van der Waals surface area contributed by atoms with Gasteiger partial charge in [-0.25, -0.2) is 13.4 Å². The van der Waals surface area contributed by atoms with Crippen molar-refractivity contribution in [2.24, 2.45) is 0 Å². The molecular formula is C11H15N3O3S. The lowest BCUT2D eigenvalue weighted by molar-refractivity contribution is 0.159. The van der Waals surface area contributed by atoms with Crippen LogP contribution in [0.4, 0.5) is 5.82 Å². The highest BCUT2D eigenvalue weighted by Gasteiger charge is 2.01. The number of rotatable bonds is 7. The minimum absolute atomic E-state index is 0.0299. The van der Waals surface area contributed by atoms with Crippen LogP contribution in [0.5, 0.6) is 0 Å². The van der Waals surface area contributed by atoms with Gasteiger partial charge in [-0.2, -0.15) is 5.26 Å². The van der Waals surface area contributed by atoms with Gasteiger partial charge in [0.2, 0.25) is 0 Å². The Hall–Kier alpha value is -1.65. The average Bonchev–Trinajstić information content (AvgIpc) is 2.33. The zero-order valence-electron chi connectivity index (χ0n) is 10.1. The van der Waals surface area contributed by atoms with E-state index in [0.717, 1.165) is 0 Å². The largest absolute Gasteiger partial charge is 0.379 e. The van der Waals surface area contributed by atoms with Crippen molar-refractivity contribution in [1.82, 2.24) is 4.98 Å². The topological polar surface area (TPSA) is 92.1 Å². The van der Waals surface area contributed by atoms with E-state index in [1.54, 1.807) is 12.1 Å². The van der Waals surface area contributed by atoms with Crippen molar-refractivity contribution in [2.75, 3.05) is 37.1 Å². The highest BCUT2D eigenvalue weighted by atomic mass is 32.2. The maximum Gasteiger partial charge on any atom is 0.149 e. The fraction of sp³-hybridized carbons (Fsp3) is 0.455. The Labute approximate surface area is 107 Å². The van der Waals surface area contributed by atoms with Crippen molar-refractivity contribution < 1.29 is 13.2 Å². The van der Waals surface area contributed by atoms with Crippen LogP contribution in [0, 0.1) is 11.3 Å². The van der Waals surface area contributed by atoms with E-state index in [9.17, 15) is 8.42 Å². The van der Waals surface area contributed by atoms with E-state index in [2.05, 4.69) is 10.3 Å². The molecule has 0 spiro atoms. The van der Waals surface area contributed by atoms with Gasteiger partial charge in [0.05, 0.1) is 24.5 Å². The van der Waals surface area contributed by atoms with Crippen LogP contribution in [0.15, 0.2) is 18.3 Å². The second-order valence-corrected chi connectivity index (χ2v) is 5.97. The molecule has 0 aromatic carbocycles. The van der Waals surface area contributed by atoms with Crippen molar-refractivity contribution in [1.29, 1.82) is 5.26 Å². The molecule has 1 aromatic heterocycles. The lowest BCUT2D eigenvalue weighted by Gasteiger charge is -2.06. The summed E-state index contributed by atoms with van der Waals surface area (Å²) in [5, 5.41) is 11.6. The first kappa shape index (κ1) is 14.4. The number of hydrogen-bond donors (Lipinski definition) is 1. The molecule has 7 heteroatoms. The van der Waals surface area contributed by atoms with E-state index in [1.807, 2.05) is 6.07 Å². The fourth-order valence-corrected chi connectivity index (χ4v) is 1.55. The highest BCUT2D eigenvalue weighted by Crippen LogP contribution is 2.03. The van der Waals surface area contributed by atoms with Gasteiger partial charge in [0, 0.05) is 19.0 Å². The van der Waals surface area contributed by atoms with Crippen LogP contribution < -0.4 is 5.32 Å². The fourth-order valence-electron chi connectivity index (χ4n) is 1.13. The summed E-state index contributed by atoms with van der Waals surface area (Å²) >= 11 is 0. The number of ether oxygens (including phenoxy) is 1.